The molecular weight excluding hydrogens is 655 g/mol. The number of rotatable bonds is 15. The minimum Gasteiger partial charge on any atom is -0.507 e. The number of phenolic OH excluding ortho intramolecular Hbond substituents is 2. The molecule has 4 aromatic rings. The van der Waals surface area contributed by atoms with Crippen molar-refractivity contribution in [3.05, 3.63) is 107 Å². The predicted octanol–water partition coefficient (Wildman–Crippen LogP) is 13.1. The van der Waals surface area contributed by atoms with E-state index >= 15 is 0 Å². The van der Waals surface area contributed by atoms with E-state index in [9.17, 15) is 15.0 Å². The van der Waals surface area contributed by atoms with Gasteiger partial charge in [-0.2, -0.15) is 0 Å². The average Bonchev–Trinajstić information content (AvgIpc) is 3.17. The summed E-state index contributed by atoms with van der Waals surface area (Å²) in [6.45, 7) is 25.7. The topological polar surface area (TPSA) is 84.8 Å². The number of aromatic hydroxyl groups is 2. The van der Waals surface area contributed by atoms with Crippen LogP contribution in [0.15, 0.2) is 90.5 Å². The summed E-state index contributed by atoms with van der Waals surface area (Å²) in [5.74, 6) is 0.979. The van der Waals surface area contributed by atoms with Gasteiger partial charge in [-0.25, -0.2) is 0 Å². The lowest BCUT2D eigenvalue weighted by Crippen LogP contribution is -2.27. The number of aryl methyl sites for hydroxylation is 1. The number of nitrogens with zero attached hydrogens (tertiary/aromatic N) is 1. The van der Waals surface area contributed by atoms with Gasteiger partial charge in [0, 0.05) is 41.8 Å². The van der Waals surface area contributed by atoms with E-state index in [-0.39, 0.29) is 11.5 Å². The first-order valence-corrected chi connectivity index (χ1v) is 19.6. The third-order valence-electron chi connectivity index (χ3n) is 8.99. The van der Waals surface area contributed by atoms with E-state index in [2.05, 4.69) is 89.1 Å². The van der Waals surface area contributed by atoms with Gasteiger partial charge < -0.3 is 25.7 Å². The second-order valence-corrected chi connectivity index (χ2v) is 13.5. The fourth-order valence-corrected chi connectivity index (χ4v) is 5.54. The Morgan fingerprint density at radius 3 is 1.89 bits per heavy atom. The number of hydrogen-bond donors (Lipinski definition) is 4. The number of nitrogens with one attached hydrogen (secondary N) is 2. The third kappa shape index (κ3) is 16.8. The van der Waals surface area contributed by atoms with Gasteiger partial charge in [0.2, 0.25) is 0 Å². The molecule has 6 nitrogen and oxygen atoms in total. The molecular formula is C47H69N3O3. The van der Waals surface area contributed by atoms with Crippen LogP contribution in [0, 0.1) is 12.8 Å². The van der Waals surface area contributed by atoms with Crippen molar-refractivity contribution in [3.63, 3.8) is 0 Å². The highest BCUT2D eigenvalue weighted by Crippen LogP contribution is 2.39. The van der Waals surface area contributed by atoms with Gasteiger partial charge >= 0.3 is 0 Å². The predicted molar refractivity (Wildman–Crippen MR) is 232 cm³/mol. The van der Waals surface area contributed by atoms with Gasteiger partial charge in [0.1, 0.15) is 17.8 Å². The van der Waals surface area contributed by atoms with Crippen molar-refractivity contribution in [2.75, 3.05) is 37.3 Å². The van der Waals surface area contributed by atoms with Gasteiger partial charge in [-0.3, -0.25) is 4.79 Å². The van der Waals surface area contributed by atoms with Crippen LogP contribution in [0.5, 0.6) is 11.5 Å². The van der Waals surface area contributed by atoms with Crippen LogP contribution < -0.4 is 10.6 Å². The first-order valence-electron chi connectivity index (χ1n) is 19.6. The van der Waals surface area contributed by atoms with Crippen LogP contribution in [-0.4, -0.2) is 48.1 Å². The summed E-state index contributed by atoms with van der Waals surface area (Å²) in [5, 5.41) is 26.0. The SMILES string of the molecule is CC.CC/C(C)=C(/C)c1cc(Nc2ccc(C=O)cc2)ccc1C.CCCCN(CCC)CCC(C)C.CNc1cc(O)c(-c2ccccc2)c(O)c1. The molecule has 0 bridgehead atoms. The monoisotopic (exact) mass is 724 g/mol. The second-order valence-electron chi connectivity index (χ2n) is 13.5. The Kier molecular flexibility index (Phi) is 23.0. The smallest absolute Gasteiger partial charge is 0.150 e. The molecule has 0 aliphatic carbocycles. The maximum Gasteiger partial charge on any atom is 0.150 e. The zero-order valence-corrected chi connectivity index (χ0v) is 34.6. The van der Waals surface area contributed by atoms with Gasteiger partial charge in [-0.1, -0.05) is 96.9 Å². The zero-order valence-electron chi connectivity index (χ0n) is 34.6. The Balaban J connectivity index is 0.000000403. The van der Waals surface area contributed by atoms with Crippen molar-refractivity contribution >= 4 is 28.9 Å². The average molecular weight is 724 g/mol. The van der Waals surface area contributed by atoms with Crippen molar-refractivity contribution in [2.45, 2.75) is 101 Å². The molecule has 0 unspecified atom stereocenters. The number of allylic oxidation sites excluding steroid dienone is 2. The Labute approximate surface area is 322 Å². The van der Waals surface area contributed by atoms with Crippen LogP contribution in [0.1, 0.15) is 116 Å². The maximum absolute atomic E-state index is 10.7. The molecule has 0 aromatic heterocycles. The molecule has 4 N–H and O–H groups in total. The Bertz CT molecular complexity index is 1610. The van der Waals surface area contributed by atoms with E-state index in [4.69, 9.17) is 0 Å². The lowest BCUT2D eigenvalue weighted by atomic mass is 9.96. The van der Waals surface area contributed by atoms with Crippen LogP contribution in [0.4, 0.5) is 17.1 Å². The molecule has 0 fully saturated rings. The van der Waals surface area contributed by atoms with Gasteiger partial charge in [0.05, 0.1) is 5.56 Å². The molecule has 0 amide bonds. The summed E-state index contributed by atoms with van der Waals surface area (Å²) >= 11 is 0. The number of benzene rings is 4. The molecule has 4 aromatic carbocycles. The number of anilines is 3. The van der Waals surface area contributed by atoms with Gasteiger partial charge in [0.15, 0.2) is 0 Å². The Morgan fingerprint density at radius 2 is 1.38 bits per heavy atom. The summed E-state index contributed by atoms with van der Waals surface area (Å²) in [4.78, 5) is 13.3. The minimum absolute atomic E-state index is 0.0653. The second kappa shape index (κ2) is 26.3. The molecule has 0 saturated carbocycles. The molecule has 290 valence electrons. The summed E-state index contributed by atoms with van der Waals surface area (Å²) in [5.41, 5.74) is 9.98. The van der Waals surface area contributed by atoms with E-state index in [0.717, 1.165) is 35.6 Å². The van der Waals surface area contributed by atoms with E-state index in [1.807, 2.05) is 68.4 Å². The van der Waals surface area contributed by atoms with Gasteiger partial charge in [-0.05, 0) is 131 Å². The largest absolute Gasteiger partial charge is 0.507 e. The zero-order chi connectivity index (χ0) is 39.8. The maximum atomic E-state index is 10.7. The highest BCUT2D eigenvalue weighted by Gasteiger charge is 2.11. The molecule has 6 heteroatoms. The normalized spacial score (nSPS) is 10.9. The lowest BCUT2D eigenvalue weighted by Gasteiger charge is -2.22. The molecule has 0 spiro atoms. The van der Waals surface area contributed by atoms with Crippen LogP contribution in [0.3, 0.4) is 0 Å². The fourth-order valence-electron chi connectivity index (χ4n) is 5.54. The lowest BCUT2D eigenvalue weighted by molar-refractivity contribution is 0.112. The number of unbranched alkanes of at least 4 members (excludes halogenated alkanes) is 1. The minimum atomic E-state index is 0.0653. The number of phenols is 2. The number of carbonyl (C=O) groups excluding carboxylic acids is 1. The first kappa shape index (κ1) is 46.5. The number of carbonyl (C=O) groups is 1. The first-order chi connectivity index (χ1) is 25.5. The van der Waals surface area contributed by atoms with Crippen molar-refractivity contribution < 1.29 is 15.0 Å². The van der Waals surface area contributed by atoms with E-state index in [0.29, 0.717) is 16.8 Å². The molecule has 0 atom stereocenters. The molecule has 0 radical (unpaired) electrons. The number of hydrogen-bond acceptors (Lipinski definition) is 6. The number of aldehydes is 1. The van der Waals surface area contributed by atoms with Gasteiger partial charge in [0.25, 0.3) is 0 Å². The van der Waals surface area contributed by atoms with Gasteiger partial charge in [-0.15, -0.1) is 0 Å². The van der Waals surface area contributed by atoms with Crippen LogP contribution in [-0.2, 0) is 0 Å². The third-order valence-corrected chi connectivity index (χ3v) is 8.99. The highest BCUT2D eigenvalue weighted by atomic mass is 16.3. The van der Waals surface area contributed by atoms with Crippen LogP contribution in [0.2, 0.25) is 0 Å². The van der Waals surface area contributed by atoms with E-state index in [1.165, 1.54) is 67.6 Å². The fraction of sp³-hybridized carbons (Fsp3) is 0.426. The Hall–Kier alpha value is -4.55. The molecule has 0 aliphatic heterocycles. The quantitative estimate of drug-likeness (QED) is 0.0914. The highest BCUT2D eigenvalue weighted by molar-refractivity contribution is 5.79. The summed E-state index contributed by atoms with van der Waals surface area (Å²) < 4.78 is 0. The summed E-state index contributed by atoms with van der Waals surface area (Å²) in [6.07, 6.45) is 7.25. The summed E-state index contributed by atoms with van der Waals surface area (Å²) in [6, 6.07) is 26.4. The van der Waals surface area contributed by atoms with Crippen LogP contribution >= 0.6 is 0 Å². The molecule has 4 rings (SSSR count). The van der Waals surface area contributed by atoms with E-state index < -0.39 is 0 Å². The molecule has 0 saturated heterocycles. The van der Waals surface area contributed by atoms with Crippen molar-refractivity contribution in [1.82, 2.24) is 4.90 Å². The van der Waals surface area contributed by atoms with Crippen molar-refractivity contribution in [2.24, 2.45) is 5.92 Å². The summed E-state index contributed by atoms with van der Waals surface area (Å²) in [7, 11) is 1.73. The molecule has 53 heavy (non-hydrogen) atoms. The van der Waals surface area contributed by atoms with Crippen molar-refractivity contribution in [3.8, 4) is 22.6 Å². The molecule has 0 heterocycles. The molecule has 0 aliphatic rings. The van der Waals surface area contributed by atoms with Crippen LogP contribution in [0.25, 0.3) is 16.7 Å². The standard InChI is InChI=1S/C20H23NO.C13H13NO2.C12H27N.C2H6/c1-5-14(2)16(4)20-12-19(9-6-15(20)3)21-18-10-7-17(13-22)8-11-18;1-14-10-7-11(15)13(12(16)8-10)9-5-3-2-4-6-9;1-5-7-10-13(9-6-2)11-8-12(3)4;1-2/h6-13,21H,5H2,1-4H3;2-8,14-16H,1H3;12H,5-11H2,1-4H3;1-2H3/b16-14-;;;. The Morgan fingerprint density at radius 1 is 0.774 bits per heavy atom. The van der Waals surface area contributed by atoms with E-state index in [1.54, 1.807) is 19.2 Å². The van der Waals surface area contributed by atoms with Crippen molar-refractivity contribution in [1.29, 1.82) is 0 Å².